The van der Waals surface area contributed by atoms with Crippen molar-refractivity contribution in [2.75, 3.05) is 13.2 Å². The first-order chi connectivity index (χ1) is 17.3. The second-order valence-electron chi connectivity index (χ2n) is 9.44. The lowest BCUT2D eigenvalue weighted by molar-refractivity contribution is 0.0236. The third kappa shape index (κ3) is 4.40. The molecule has 0 atom stereocenters. The lowest BCUT2D eigenvalue weighted by atomic mass is 9.96. The molecule has 0 aromatic carbocycles. The fourth-order valence-corrected chi connectivity index (χ4v) is 5.16. The van der Waals surface area contributed by atoms with Gasteiger partial charge in [-0.25, -0.2) is 9.97 Å². The lowest BCUT2D eigenvalue weighted by Crippen LogP contribution is -2.26. The van der Waals surface area contributed by atoms with E-state index in [-0.39, 0.29) is 6.10 Å². The third-order valence-electron chi connectivity index (χ3n) is 7.14. The predicted octanol–water partition coefficient (Wildman–Crippen LogP) is 5.42. The maximum atomic E-state index is 9.76. The van der Waals surface area contributed by atoms with Crippen LogP contribution >= 0.6 is 0 Å². The average Bonchev–Trinajstić information content (AvgIpc) is 3.58. The summed E-state index contributed by atoms with van der Waals surface area (Å²) in [6.07, 6.45) is 17.6. The van der Waals surface area contributed by atoms with Gasteiger partial charge < -0.3 is 14.5 Å². The summed E-state index contributed by atoms with van der Waals surface area (Å²) >= 11 is 0. The highest BCUT2D eigenvalue weighted by molar-refractivity contribution is 5.95. The number of nitrogens with one attached hydrogen (secondary N) is 1. The van der Waals surface area contributed by atoms with Gasteiger partial charge in [-0.1, -0.05) is 19.3 Å². The largest absolute Gasteiger partial charge is 0.473 e. The molecule has 0 radical (unpaired) electrons. The maximum absolute atomic E-state index is 9.76. The quantitative estimate of drug-likeness (QED) is 0.419. The van der Waals surface area contributed by atoms with Crippen LogP contribution in [0.4, 0.5) is 0 Å². The van der Waals surface area contributed by atoms with Crippen LogP contribution < -0.4 is 4.74 Å². The van der Waals surface area contributed by atoms with Crippen LogP contribution in [0.25, 0.3) is 33.3 Å². The number of hydrogen-bond acceptors (Lipinski definition) is 6. The normalized spacial score (nSPS) is 17.5. The molecule has 2 fully saturated rings. The van der Waals surface area contributed by atoms with E-state index in [9.17, 15) is 5.26 Å². The van der Waals surface area contributed by atoms with Gasteiger partial charge in [-0.3, -0.25) is 4.68 Å². The van der Waals surface area contributed by atoms with Gasteiger partial charge in [0.2, 0.25) is 5.88 Å². The van der Waals surface area contributed by atoms with Crippen LogP contribution in [-0.4, -0.2) is 44.1 Å². The van der Waals surface area contributed by atoms with Crippen molar-refractivity contribution in [1.29, 1.82) is 5.26 Å². The van der Waals surface area contributed by atoms with Crippen molar-refractivity contribution in [1.82, 2.24) is 24.7 Å². The number of nitriles is 1. The van der Waals surface area contributed by atoms with Gasteiger partial charge in [0.1, 0.15) is 23.4 Å². The highest BCUT2D eigenvalue weighted by Gasteiger charge is 2.20. The van der Waals surface area contributed by atoms with Crippen LogP contribution in [-0.2, 0) is 4.74 Å². The van der Waals surface area contributed by atoms with E-state index in [2.05, 4.69) is 43.1 Å². The number of ether oxygens (including phenoxy) is 2. The molecule has 0 amide bonds. The summed E-state index contributed by atoms with van der Waals surface area (Å²) in [6.45, 7) is 1.35. The molecular weight excluding hydrogens is 440 g/mol. The number of hydrogen-bond donors (Lipinski definition) is 1. The predicted molar refractivity (Wildman–Crippen MR) is 132 cm³/mol. The number of aromatic nitrogens is 5. The standard InChI is InChI=1S/C27H28N6O2/c28-12-18-10-20(14-31-27(18)35-23-6-8-34-9-7-23)25-16-30-26-24(25)11-19(13-29-26)21-15-32-33(17-21)22-4-2-1-3-5-22/h10-11,13-17,22-23H,1-9H2,(H,29,30). The summed E-state index contributed by atoms with van der Waals surface area (Å²) in [4.78, 5) is 12.4. The number of fused-ring (bicyclic) bond motifs is 1. The number of H-pyrrole nitrogens is 1. The number of pyridine rings is 2. The zero-order valence-electron chi connectivity index (χ0n) is 19.6. The molecule has 0 unspecified atom stereocenters. The van der Waals surface area contributed by atoms with Crippen LogP contribution in [0.3, 0.4) is 0 Å². The van der Waals surface area contributed by atoms with Crippen molar-refractivity contribution in [2.24, 2.45) is 0 Å². The Labute approximate surface area is 203 Å². The van der Waals surface area contributed by atoms with Gasteiger partial charge in [-0.2, -0.15) is 10.4 Å². The van der Waals surface area contributed by atoms with Crippen molar-refractivity contribution < 1.29 is 9.47 Å². The van der Waals surface area contributed by atoms with Gasteiger partial charge in [0, 0.05) is 65.3 Å². The Bertz CT molecular complexity index is 1370. The van der Waals surface area contributed by atoms with Gasteiger partial charge >= 0.3 is 0 Å². The van der Waals surface area contributed by atoms with E-state index >= 15 is 0 Å². The summed E-state index contributed by atoms with van der Waals surface area (Å²) < 4.78 is 13.5. The molecule has 4 aromatic rings. The minimum Gasteiger partial charge on any atom is -0.473 e. The average molecular weight is 469 g/mol. The van der Waals surface area contributed by atoms with Crippen LogP contribution in [0.5, 0.6) is 5.88 Å². The van der Waals surface area contributed by atoms with Crippen molar-refractivity contribution in [2.45, 2.75) is 57.1 Å². The van der Waals surface area contributed by atoms with E-state index in [1.165, 1.54) is 32.1 Å². The molecule has 8 heteroatoms. The van der Waals surface area contributed by atoms with Gasteiger partial charge in [0.15, 0.2) is 0 Å². The summed E-state index contributed by atoms with van der Waals surface area (Å²) in [6, 6.07) is 6.72. The molecule has 0 spiro atoms. The number of nitrogens with zero attached hydrogens (tertiary/aromatic N) is 5. The first kappa shape index (κ1) is 21.8. The van der Waals surface area contributed by atoms with Gasteiger partial charge in [0.25, 0.3) is 0 Å². The van der Waals surface area contributed by atoms with Crippen LogP contribution in [0.2, 0.25) is 0 Å². The molecule has 6 rings (SSSR count). The maximum Gasteiger partial charge on any atom is 0.231 e. The second kappa shape index (κ2) is 9.51. The molecule has 5 heterocycles. The fourth-order valence-electron chi connectivity index (χ4n) is 5.16. The molecule has 35 heavy (non-hydrogen) atoms. The van der Waals surface area contributed by atoms with Crippen molar-refractivity contribution in [3.8, 4) is 34.2 Å². The smallest absolute Gasteiger partial charge is 0.231 e. The first-order valence-corrected chi connectivity index (χ1v) is 12.4. The lowest BCUT2D eigenvalue weighted by Gasteiger charge is -2.23. The van der Waals surface area contributed by atoms with Crippen LogP contribution in [0.1, 0.15) is 56.6 Å². The Morgan fingerprint density at radius 2 is 1.80 bits per heavy atom. The van der Waals surface area contributed by atoms with E-state index in [4.69, 9.17) is 9.47 Å². The van der Waals surface area contributed by atoms with Gasteiger partial charge in [-0.15, -0.1) is 0 Å². The fraction of sp³-hybridized carbons (Fsp3) is 0.407. The summed E-state index contributed by atoms with van der Waals surface area (Å²) in [7, 11) is 0. The van der Waals surface area contributed by atoms with E-state index in [0.29, 0.717) is 30.7 Å². The Kier molecular flexibility index (Phi) is 5.93. The van der Waals surface area contributed by atoms with Crippen molar-refractivity contribution in [3.63, 3.8) is 0 Å². The molecule has 8 nitrogen and oxygen atoms in total. The first-order valence-electron chi connectivity index (χ1n) is 12.4. The van der Waals surface area contributed by atoms with Crippen LogP contribution in [0.15, 0.2) is 43.1 Å². The molecule has 1 aliphatic carbocycles. The Balaban J connectivity index is 1.30. The van der Waals surface area contributed by atoms with Crippen molar-refractivity contribution >= 4 is 11.0 Å². The molecular formula is C27H28N6O2. The zero-order chi connectivity index (χ0) is 23.6. The summed E-state index contributed by atoms with van der Waals surface area (Å²) in [5.74, 6) is 0.386. The molecule has 1 saturated heterocycles. The van der Waals surface area contributed by atoms with E-state index in [1.54, 1.807) is 6.20 Å². The van der Waals surface area contributed by atoms with Gasteiger partial charge in [0.05, 0.1) is 25.5 Å². The monoisotopic (exact) mass is 468 g/mol. The minimum absolute atomic E-state index is 0.0311. The highest BCUT2D eigenvalue weighted by atomic mass is 16.5. The Morgan fingerprint density at radius 3 is 2.63 bits per heavy atom. The van der Waals surface area contributed by atoms with E-state index in [1.807, 2.05) is 24.7 Å². The number of rotatable bonds is 5. The third-order valence-corrected chi connectivity index (χ3v) is 7.14. The number of aromatic amines is 1. The summed E-state index contributed by atoms with van der Waals surface area (Å²) in [5.41, 5.74) is 5.12. The minimum atomic E-state index is 0.0311. The van der Waals surface area contributed by atoms with E-state index < -0.39 is 0 Å². The van der Waals surface area contributed by atoms with Gasteiger partial charge in [-0.05, 0) is 25.0 Å². The van der Waals surface area contributed by atoms with Crippen LogP contribution in [0, 0.1) is 11.3 Å². The van der Waals surface area contributed by atoms with E-state index in [0.717, 1.165) is 46.1 Å². The Hall–Kier alpha value is -3.70. The second-order valence-corrected chi connectivity index (χ2v) is 9.44. The molecule has 4 aromatic heterocycles. The Morgan fingerprint density at radius 1 is 0.971 bits per heavy atom. The topological polar surface area (TPSA) is 102 Å². The molecule has 1 N–H and O–H groups in total. The molecule has 1 saturated carbocycles. The zero-order valence-corrected chi connectivity index (χ0v) is 19.6. The molecule has 0 bridgehead atoms. The van der Waals surface area contributed by atoms with Crippen molar-refractivity contribution in [3.05, 3.63) is 48.7 Å². The SMILES string of the molecule is N#Cc1cc(-c2c[nH]c3ncc(-c4cnn(C5CCCCC5)c4)cc23)cnc1OC1CCOCC1. The molecule has 2 aliphatic rings. The highest BCUT2D eigenvalue weighted by Crippen LogP contribution is 2.34. The summed E-state index contributed by atoms with van der Waals surface area (Å²) in [5, 5.41) is 15.4. The molecule has 178 valence electrons. The molecule has 1 aliphatic heterocycles.